The fraction of sp³-hybridized carbons (Fsp3) is 0.654. The molecule has 1 heterocycles. The van der Waals surface area contributed by atoms with Crippen LogP contribution in [0.3, 0.4) is 0 Å². The summed E-state index contributed by atoms with van der Waals surface area (Å²) in [4.78, 5) is 38.5. The number of epoxide rings is 1. The van der Waals surface area contributed by atoms with Gasteiger partial charge in [-0.2, -0.15) is 0 Å². The Morgan fingerprint density at radius 1 is 1.00 bits per heavy atom. The van der Waals surface area contributed by atoms with Gasteiger partial charge in [0, 0.05) is 17.0 Å². The molecule has 0 bridgehead atoms. The second kappa shape index (κ2) is 12.0. The van der Waals surface area contributed by atoms with E-state index >= 15 is 0 Å². The van der Waals surface area contributed by atoms with Crippen LogP contribution in [-0.4, -0.2) is 82.5 Å². The highest BCUT2D eigenvalue weighted by molar-refractivity contribution is 5.97. The van der Waals surface area contributed by atoms with E-state index in [1.807, 2.05) is 13.8 Å². The molecule has 0 radical (unpaired) electrons. The lowest BCUT2D eigenvalue weighted by atomic mass is 9.82. The standard InChI is InChI=1S/C26H38N2O9/c1-14(2)9-18(24(31)26(12-29)13-37-26)28-19(30)11-27-25(32)15-7-8-16-17(10-15)21(34-4)23(36-6)22(35-5)20(16)33-3/h14-15,18,29H,7-13H2,1-6H3,(H,27,32)(H,28,30). The Kier molecular flexibility index (Phi) is 9.25. The van der Waals surface area contributed by atoms with Crippen molar-refractivity contribution < 1.29 is 43.2 Å². The van der Waals surface area contributed by atoms with E-state index in [-0.39, 0.29) is 30.8 Å². The zero-order valence-electron chi connectivity index (χ0n) is 22.4. The minimum absolute atomic E-state index is 0.128. The second-order valence-electron chi connectivity index (χ2n) is 9.80. The van der Waals surface area contributed by atoms with Crippen LogP contribution in [0.1, 0.15) is 37.8 Å². The summed E-state index contributed by atoms with van der Waals surface area (Å²) in [5, 5.41) is 14.9. The largest absolute Gasteiger partial charge is 0.492 e. The first-order valence-corrected chi connectivity index (χ1v) is 12.4. The molecule has 2 amide bonds. The molecule has 0 aromatic heterocycles. The van der Waals surface area contributed by atoms with Crippen molar-refractivity contribution in [1.29, 1.82) is 0 Å². The molecule has 206 valence electrons. The van der Waals surface area contributed by atoms with Crippen LogP contribution in [0.15, 0.2) is 0 Å². The molecule has 0 saturated carbocycles. The van der Waals surface area contributed by atoms with Gasteiger partial charge in [0.2, 0.25) is 23.3 Å². The molecular weight excluding hydrogens is 484 g/mol. The average molecular weight is 523 g/mol. The molecule has 1 aliphatic heterocycles. The van der Waals surface area contributed by atoms with Crippen molar-refractivity contribution >= 4 is 17.6 Å². The maximum absolute atomic E-state index is 13.0. The first kappa shape index (κ1) is 28.5. The van der Waals surface area contributed by atoms with Crippen LogP contribution in [0.2, 0.25) is 0 Å². The van der Waals surface area contributed by atoms with Gasteiger partial charge in [0.05, 0.1) is 54.2 Å². The van der Waals surface area contributed by atoms with Gasteiger partial charge in [0.25, 0.3) is 0 Å². The molecule has 3 N–H and O–H groups in total. The molecule has 37 heavy (non-hydrogen) atoms. The minimum Gasteiger partial charge on any atom is -0.492 e. The van der Waals surface area contributed by atoms with E-state index in [0.29, 0.717) is 48.7 Å². The van der Waals surface area contributed by atoms with Gasteiger partial charge in [-0.1, -0.05) is 13.8 Å². The number of carbonyl (C=O) groups excluding carboxylic acids is 3. The van der Waals surface area contributed by atoms with Crippen LogP contribution in [0.25, 0.3) is 0 Å². The summed E-state index contributed by atoms with van der Waals surface area (Å²) < 4.78 is 27.4. The third kappa shape index (κ3) is 5.93. The van der Waals surface area contributed by atoms with E-state index < -0.39 is 30.1 Å². The lowest BCUT2D eigenvalue weighted by Crippen LogP contribution is -2.51. The summed E-state index contributed by atoms with van der Waals surface area (Å²) in [6.07, 6.45) is 1.86. The van der Waals surface area contributed by atoms with Gasteiger partial charge in [0.1, 0.15) is 0 Å². The molecule has 3 atom stereocenters. The summed E-state index contributed by atoms with van der Waals surface area (Å²) in [6.45, 7) is 3.30. The third-order valence-electron chi connectivity index (χ3n) is 6.89. The van der Waals surface area contributed by atoms with Crippen LogP contribution in [-0.2, 0) is 32.0 Å². The first-order chi connectivity index (χ1) is 17.7. The van der Waals surface area contributed by atoms with Gasteiger partial charge < -0.3 is 39.4 Å². The summed E-state index contributed by atoms with van der Waals surface area (Å²) in [5.74, 6) is 0.481. The molecule has 3 unspecified atom stereocenters. The van der Waals surface area contributed by atoms with Crippen molar-refractivity contribution in [2.24, 2.45) is 11.8 Å². The predicted molar refractivity (Wildman–Crippen MR) is 133 cm³/mol. The van der Waals surface area contributed by atoms with Crippen LogP contribution in [0.4, 0.5) is 0 Å². The number of aliphatic hydroxyl groups is 1. The number of hydrogen-bond acceptors (Lipinski definition) is 9. The number of fused-ring (bicyclic) bond motifs is 1. The molecule has 3 rings (SSSR count). The SMILES string of the molecule is COc1c2c(c(OC)c(OC)c1OC)CC(C(=O)NCC(=O)NC(CC(C)C)C(=O)C1(CO)CO1)CC2. The number of Topliss-reactive ketones (excluding diaryl/α,β-unsaturated/α-hetero) is 1. The summed E-state index contributed by atoms with van der Waals surface area (Å²) in [6, 6.07) is -0.806. The zero-order chi connectivity index (χ0) is 27.3. The van der Waals surface area contributed by atoms with Gasteiger partial charge in [-0.3, -0.25) is 14.4 Å². The van der Waals surface area contributed by atoms with Crippen molar-refractivity contribution in [1.82, 2.24) is 10.6 Å². The Morgan fingerprint density at radius 2 is 1.57 bits per heavy atom. The Labute approximate surface area is 217 Å². The Morgan fingerprint density at radius 3 is 2.05 bits per heavy atom. The van der Waals surface area contributed by atoms with Gasteiger partial charge in [-0.25, -0.2) is 0 Å². The van der Waals surface area contributed by atoms with E-state index in [2.05, 4.69) is 10.6 Å². The second-order valence-corrected chi connectivity index (χ2v) is 9.80. The molecule has 1 saturated heterocycles. The highest BCUT2D eigenvalue weighted by Crippen LogP contribution is 2.52. The van der Waals surface area contributed by atoms with Crippen molar-refractivity contribution in [2.45, 2.75) is 51.2 Å². The number of benzene rings is 1. The smallest absolute Gasteiger partial charge is 0.239 e. The topological polar surface area (TPSA) is 145 Å². The number of hydrogen-bond donors (Lipinski definition) is 3. The number of ketones is 1. The predicted octanol–water partition coefficient (Wildman–Crippen LogP) is 0.803. The minimum atomic E-state index is -1.23. The van der Waals surface area contributed by atoms with Crippen molar-refractivity contribution in [3.63, 3.8) is 0 Å². The molecule has 0 spiro atoms. The average Bonchev–Trinajstić information content (AvgIpc) is 3.70. The van der Waals surface area contributed by atoms with Crippen LogP contribution in [0.5, 0.6) is 23.0 Å². The lowest BCUT2D eigenvalue weighted by Gasteiger charge is -2.29. The number of amides is 2. The monoisotopic (exact) mass is 522 g/mol. The molecule has 1 aromatic rings. The fourth-order valence-electron chi connectivity index (χ4n) is 4.90. The molecule has 11 heteroatoms. The van der Waals surface area contributed by atoms with E-state index in [1.165, 1.54) is 21.3 Å². The normalized spacial score (nSPS) is 20.9. The van der Waals surface area contributed by atoms with Gasteiger partial charge in [-0.15, -0.1) is 0 Å². The van der Waals surface area contributed by atoms with Gasteiger partial charge in [-0.05, 0) is 31.6 Å². The van der Waals surface area contributed by atoms with Gasteiger partial charge in [0.15, 0.2) is 22.9 Å². The molecule has 11 nitrogen and oxygen atoms in total. The summed E-state index contributed by atoms with van der Waals surface area (Å²) in [5.41, 5.74) is 0.471. The Bertz CT molecular complexity index is 995. The number of nitrogens with one attached hydrogen (secondary N) is 2. The van der Waals surface area contributed by atoms with Crippen LogP contribution < -0.4 is 29.6 Å². The van der Waals surface area contributed by atoms with Crippen LogP contribution >= 0.6 is 0 Å². The Balaban J connectivity index is 1.68. The summed E-state index contributed by atoms with van der Waals surface area (Å²) in [7, 11) is 6.11. The molecular formula is C26H38N2O9. The Hall–Kier alpha value is -3.05. The highest BCUT2D eigenvalue weighted by atomic mass is 16.6. The number of ether oxygens (including phenoxy) is 5. The maximum Gasteiger partial charge on any atom is 0.239 e. The molecule has 1 aliphatic carbocycles. The molecule has 1 aromatic carbocycles. The van der Waals surface area contributed by atoms with E-state index in [1.54, 1.807) is 7.11 Å². The van der Waals surface area contributed by atoms with E-state index in [9.17, 15) is 19.5 Å². The van der Waals surface area contributed by atoms with Gasteiger partial charge >= 0.3 is 0 Å². The first-order valence-electron chi connectivity index (χ1n) is 12.4. The van der Waals surface area contributed by atoms with E-state index in [0.717, 1.165) is 11.1 Å². The maximum atomic E-state index is 13.0. The number of carbonyl (C=O) groups is 3. The highest BCUT2D eigenvalue weighted by Gasteiger charge is 2.54. The van der Waals surface area contributed by atoms with E-state index in [4.69, 9.17) is 23.7 Å². The quantitative estimate of drug-likeness (QED) is 0.320. The van der Waals surface area contributed by atoms with Crippen molar-refractivity contribution in [3.8, 4) is 23.0 Å². The van der Waals surface area contributed by atoms with Crippen molar-refractivity contribution in [3.05, 3.63) is 11.1 Å². The third-order valence-corrected chi connectivity index (χ3v) is 6.89. The fourth-order valence-corrected chi connectivity index (χ4v) is 4.90. The molecule has 1 fully saturated rings. The number of methoxy groups -OCH3 is 4. The lowest BCUT2D eigenvalue weighted by molar-refractivity contribution is -0.133. The van der Waals surface area contributed by atoms with Crippen molar-refractivity contribution in [2.75, 3.05) is 48.2 Å². The number of aliphatic hydroxyl groups excluding tert-OH is 1. The zero-order valence-corrected chi connectivity index (χ0v) is 22.4. The van der Waals surface area contributed by atoms with Crippen LogP contribution in [0, 0.1) is 11.8 Å². The molecule has 2 aliphatic rings. The summed E-state index contributed by atoms with van der Waals surface area (Å²) >= 11 is 0. The number of rotatable bonds is 13.